The molecule has 20 heavy (non-hydrogen) atoms. The molecule has 1 amide bonds. The van der Waals surface area contributed by atoms with Crippen molar-refractivity contribution in [2.45, 2.75) is 12.5 Å². The van der Waals surface area contributed by atoms with Crippen molar-refractivity contribution < 1.29 is 14.7 Å². The van der Waals surface area contributed by atoms with Crippen molar-refractivity contribution in [1.29, 1.82) is 0 Å². The van der Waals surface area contributed by atoms with Crippen LogP contribution in [0.5, 0.6) is 0 Å². The van der Waals surface area contributed by atoms with Gasteiger partial charge in [-0.1, -0.05) is 30.3 Å². The molecule has 0 aliphatic carbocycles. The monoisotopic (exact) mass is 275 g/mol. The van der Waals surface area contributed by atoms with E-state index in [2.05, 4.69) is 20.5 Å². The molecule has 5 N–H and O–H groups in total. The molecule has 0 bridgehead atoms. The summed E-state index contributed by atoms with van der Waals surface area (Å²) >= 11 is 0. The normalized spacial score (nSPS) is 11.8. The summed E-state index contributed by atoms with van der Waals surface area (Å²) in [5.41, 5.74) is 6.08. The van der Waals surface area contributed by atoms with Crippen molar-refractivity contribution in [3.05, 3.63) is 41.7 Å². The number of carbonyl (C=O) groups excluding carboxylic acids is 1. The van der Waals surface area contributed by atoms with Gasteiger partial charge in [-0.3, -0.25) is 9.89 Å². The summed E-state index contributed by atoms with van der Waals surface area (Å²) in [5, 5.41) is 17.3. The first-order valence-corrected chi connectivity index (χ1v) is 5.81. The first kappa shape index (κ1) is 13.5. The van der Waals surface area contributed by atoms with E-state index in [1.807, 2.05) is 6.07 Å². The topological polar surface area (TPSA) is 134 Å². The number of anilines is 1. The number of hydrogen-bond donors (Lipinski definition) is 4. The standard InChI is InChI=1S/C12H13N5O3/c13-12-15-9(16-17-12)10(18)14-8(11(19)20)6-7-4-2-1-3-5-7/h1-5,8H,6H2,(H,14,18)(H,19,20)(H3,13,15,16,17). The Morgan fingerprint density at radius 3 is 2.60 bits per heavy atom. The maximum Gasteiger partial charge on any atom is 0.326 e. The van der Waals surface area contributed by atoms with E-state index in [0.717, 1.165) is 5.56 Å². The molecule has 1 atom stereocenters. The molecule has 0 aliphatic rings. The van der Waals surface area contributed by atoms with E-state index >= 15 is 0 Å². The zero-order chi connectivity index (χ0) is 14.5. The Labute approximate surface area is 114 Å². The molecule has 1 aromatic carbocycles. The van der Waals surface area contributed by atoms with E-state index in [1.54, 1.807) is 24.3 Å². The van der Waals surface area contributed by atoms with Gasteiger partial charge in [0.25, 0.3) is 5.91 Å². The van der Waals surface area contributed by atoms with E-state index in [4.69, 9.17) is 10.8 Å². The number of amides is 1. The Hall–Kier alpha value is -2.90. The zero-order valence-electron chi connectivity index (χ0n) is 10.4. The molecule has 0 fully saturated rings. The van der Waals surface area contributed by atoms with Gasteiger partial charge >= 0.3 is 5.97 Å². The average Bonchev–Trinajstić information content (AvgIpc) is 2.86. The number of H-pyrrole nitrogens is 1. The molecule has 8 nitrogen and oxygen atoms in total. The largest absolute Gasteiger partial charge is 0.480 e. The first-order valence-electron chi connectivity index (χ1n) is 5.81. The number of rotatable bonds is 5. The Kier molecular flexibility index (Phi) is 3.94. The fourth-order valence-electron chi connectivity index (χ4n) is 1.65. The number of nitrogens with two attached hydrogens (primary N) is 1. The van der Waals surface area contributed by atoms with Crippen LogP contribution in [-0.2, 0) is 11.2 Å². The molecule has 1 aromatic heterocycles. The van der Waals surface area contributed by atoms with Gasteiger partial charge in [-0.25, -0.2) is 4.79 Å². The van der Waals surface area contributed by atoms with Crippen molar-refractivity contribution >= 4 is 17.8 Å². The molecule has 0 aliphatic heterocycles. The molecule has 2 aromatic rings. The number of aromatic amines is 1. The van der Waals surface area contributed by atoms with Gasteiger partial charge in [0.1, 0.15) is 6.04 Å². The number of carboxylic acids is 1. The molecule has 104 valence electrons. The Balaban J connectivity index is 2.06. The highest BCUT2D eigenvalue weighted by Gasteiger charge is 2.22. The summed E-state index contributed by atoms with van der Waals surface area (Å²) < 4.78 is 0. The highest BCUT2D eigenvalue weighted by Crippen LogP contribution is 2.04. The van der Waals surface area contributed by atoms with Crippen molar-refractivity contribution in [2.75, 3.05) is 5.73 Å². The summed E-state index contributed by atoms with van der Waals surface area (Å²) in [6.07, 6.45) is 0.172. The van der Waals surface area contributed by atoms with Gasteiger partial charge < -0.3 is 16.2 Å². The molecule has 2 rings (SSSR count). The summed E-state index contributed by atoms with van der Waals surface area (Å²) in [7, 11) is 0. The van der Waals surface area contributed by atoms with Crippen LogP contribution in [0.3, 0.4) is 0 Å². The SMILES string of the molecule is Nc1n[nH]c(C(=O)NC(Cc2ccccc2)C(=O)O)n1. The number of carbonyl (C=O) groups is 2. The molecule has 0 spiro atoms. The van der Waals surface area contributed by atoms with Gasteiger partial charge in [-0.05, 0) is 5.56 Å². The molecule has 1 heterocycles. The first-order chi connectivity index (χ1) is 9.56. The smallest absolute Gasteiger partial charge is 0.326 e. The van der Waals surface area contributed by atoms with Gasteiger partial charge in [0, 0.05) is 6.42 Å². The summed E-state index contributed by atoms with van der Waals surface area (Å²) in [6, 6.07) is 7.94. The van der Waals surface area contributed by atoms with Crippen LogP contribution >= 0.6 is 0 Å². The number of aliphatic carboxylic acids is 1. The van der Waals surface area contributed by atoms with Crippen molar-refractivity contribution in [3.8, 4) is 0 Å². The molecule has 1 unspecified atom stereocenters. The number of nitrogen functional groups attached to an aromatic ring is 1. The van der Waals surface area contributed by atoms with Crippen LogP contribution in [0.2, 0.25) is 0 Å². The third-order valence-electron chi connectivity index (χ3n) is 2.60. The van der Waals surface area contributed by atoms with Crippen LogP contribution in [0.4, 0.5) is 5.95 Å². The van der Waals surface area contributed by atoms with E-state index < -0.39 is 17.9 Å². The van der Waals surface area contributed by atoms with Crippen molar-refractivity contribution in [3.63, 3.8) is 0 Å². The lowest BCUT2D eigenvalue weighted by Crippen LogP contribution is -2.42. The van der Waals surface area contributed by atoms with E-state index in [-0.39, 0.29) is 18.2 Å². The average molecular weight is 275 g/mol. The summed E-state index contributed by atoms with van der Waals surface area (Å²) in [4.78, 5) is 26.6. The lowest BCUT2D eigenvalue weighted by molar-refractivity contribution is -0.139. The Bertz CT molecular complexity index is 611. The van der Waals surface area contributed by atoms with Crippen LogP contribution in [0, 0.1) is 0 Å². The zero-order valence-corrected chi connectivity index (χ0v) is 10.4. The van der Waals surface area contributed by atoms with Gasteiger partial charge in [-0.15, -0.1) is 5.10 Å². The van der Waals surface area contributed by atoms with Crippen LogP contribution in [0.15, 0.2) is 30.3 Å². The second kappa shape index (κ2) is 5.83. The molecular formula is C12H13N5O3. The predicted octanol–water partition coefficient (Wildman–Crippen LogP) is -0.187. The fourth-order valence-corrected chi connectivity index (χ4v) is 1.65. The number of hydrogen-bond acceptors (Lipinski definition) is 5. The summed E-state index contributed by atoms with van der Waals surface area (Å²) in [5.74, 6) is -2.00. The van der Waals surface area contributed by atoms with Crippen LogP contribution < -0.4 is 11.1 Å². The van der Waals surface area contributed by atoms with Gasteiger partial charge in [0.05, 0.1) is 0 Å². The third kappa shape index (κ3) is 3.31. The van der Waals surface area contributed by atoms with E-state index in [1.165, 1.54) is 0 Å². The number of carboxylic acid groups (broad SMARTS) is 1. The minimum Gasteiger partial charge on any atom is -0.480 e. The summed E-state index contributed by atoms with van der Waals surface area (Å²) in [6.45, 7) is 0. The molecule has 0 radical (unpaired) electrons. The van der Waals surface area contributed by atoms with Crippen LogP contribution in [-0.4, -0.2) is 38.2 Å². The van der Waals surface area contributed by atoms with Gasteiger partial charge in [0.2, 0.25) is 11.8 Å². The number of benzene rings is 1. The lowest BCUT2D eigenvalue weighted by atomic mass is 10.1. The number of nitrogens with zero attached hydrogens (tertiary/aromatic N) is 2. The molecular weight excluding hydrogens is 262 g/mol. The second-order valence-corrected chi connectivity index (χ2v) is 4.10. The third-order valence-corrected chi connectivity index (χ3v) is 2.60. The predicted molar refractivity (Wildman–Crippen MR) is 69.8 cm³/mol. The van der Waals surface area contributed by atoms with Crippen molar-refractivity contribution in [1.82, 2.24) is 20.5 Å². The highest BCUT2D eigenvalue weighted by molar-refractivity contribution is 5.93. The van der Waals surface area contributed by atoms with Crippen molar-refractivity contribution in [2.24, 2.45) is 0 Å². The number of aromatic nitrogens is 3. The second-order valence-electron chi connectivity index (χ2n) is 4.10. The van der Waals surface area contributed by atoms with E-state index in [9.17, 15) is 9.59 Å². The molecule has 0 saturated carbocycles. The number of nitrogens with one attached hydrogen (secondary N) is 2. The van der Waals surface area contributed by atoms with E-state index in [0.29, 0.717) is 0 Å². The Morgan fingerprint density at radius 2 is 2.05 bits per heavy atom. The highest BCUT2D eigenvalue weighted by atomic mass is 16.4. The molecule has 8 heteroatoms. The van der Waals surface area contributed by atoms with Crippen LogP contribution in [0.25, 0.3) is 0 Å². The fraction of sp³-hybridized carbons (Fsp3) is 0.167. The molecule has 0 saturated heterocycles. The minimum absolute atomic E-state index is 0.0786. The maximum atomic E-state index is 11.8. The minimum atomic E-state index is -1.13. The quantitative estimate of drug-likeness (QED) is 0.597. The van der Waals surface area contributed by atoms with Gasteiger partial charge in [0.15, 0.2) is 0 Å². The Morgan fingerprint density at radius 1 is 1.35 bits per heavy atom. The lowest BCUT2D eigenvalue weighted by Gasteiger charge is -2.13. The maximum absolute atomic E-state index is 11.8. The van der Waals surface area contributed by atoms with Crippen LogP contribution in [0.1, 0.15) is 16.2 Å². The van der Waals surface area contributed by atoms with Gasteiger partial charge in [-0.2, -0.15) is 4.98 Å².